The van der Waals surface area contributed by atoms with Gasteiger partial charge in [0.15, 0.2) is 0 Å². The van der Waals surface area contributed by atoms with E-state index in [1.165, 1.54) is 12.1 Å². The molecule has 0 saturated carbocycles. The fourth-order valence-electron chi connectivity index (χ4n) is 3.57. The van der Waals surface area contributed by atoms with Crippen molar-refractivity contribution < 1.29 is 19.4 Å². The van der Waals surface area contributed by atoms with Crippen LogP contribution >= 0.6 is 0 Å². The van der Waals surface area contributed by atoms with Crippen molar-refractivity contribution in [1.82, 2.24) is 5.32 Å². The molecule has 0 bridgehead atoms. The Morgan fingerprint density at radius 2 is 2.13 bits per heavy atom. The Balaban J connectivity index is 1.53. The van der Waals surface area contributed by atoms with Gasteiger partial charge in [0.05, 0.1) is 24.0 Å². The molecule has 4 rings (SSSR count). The lowest BCUT2D eigenvalue weighted by Crippen LogP contribution is -2.37. The van der Waals surface area contributed by atoms with E-state index in [1.54, 1.807) is 18.2 Å². The predicted molar refractivity (Wildman–Crippen MR) is 116 cm³/mol. The van der Waals surface area contributed by atoms with E-state index in [0.29, 0.717) is 37.2 Å². The number of nitrogens with one attached hydrogen (secondary N) is 3. The first-order chi connectivity index (χ1) is 14.5. The number of nitrogen functional groups attached to an aromatic ring is 1. The van der Waals surface area contributed by atoms with Crippen LogP contribution in [0.2, 0.25) is 0 Å². The molecular formula is C22H24N4O4. The standard InChI is InChI=1S/C22H24N4O4/c23-21-16(4-3-15-12-24-9-10-30-15)19(27)7-5-17(21)22(29)25-14-2-6-18-13(11-14)1-8-20(28)26-18/h2-7,11,15,24,27H,1,8-10,12,23H2,(H,25,29)(H,26,28)/b4-3+. The molecule has 2 amide bonds. The quantitative estimate of drug-likeness (QED) is 0.494. The molecule has 1 fully saturated rings. The Kier molecular flexibility index (Phi) is 5.69. The molecule has 6 N–H and O–H groups in total. The number of hydrogen-bond acceptors (Lipinski definition) is 6. The maximum absolute atomic E-state index is 12.8. The number of benzene rings is 2. The molecule has 2 aliphatic heterocycles. The Bertz CT molecular complexity index is 1010. The fraction of sp³-hybridized carbons (Fsp3) is 0.273. The summed E-state index contributed by atoms with van der Waals surface area (Å²) < 4.78 is 5.61. The molecule has 8 nitrogen and oxygen atoms in total. The highest BCUT2D eigenvalue weighted by Crippen LogP contribution is 2.30. The number of morpholine rings is 1. The van der Waals surface area contributed by atoms with Gasteiger partial charge in [0.2, 0.25) is 5.91 Å². The molecule has 2 aromatic rings. The number of hydrogen-bond donors (Lipinski definition) is 5. The summed E-state index contributed by atoms with van der Waals surface area (Å²) in [6.07, 6.45) is 4.42. The monoisotopic (exact) mass is 408 g/mol. The van der Waals surface area contributed by atoms with Crippen LogP contribution in [0.5, 0.6) is 5.75 Å². The molecule has 156 valence electrons. The van der Waals surface area contributed by atoms with Crippen molar-refractivity contribution in [2.24, 2.45) is 0 Å². The first kappa shape index (κ1) is 19.9. The molecule has 1 unspecified atom stereocenters. The molecule has 8 heteroatoms. The second-order valence-electron chi connectivity index (χ2n) is 7.31. The van der Waals surface area contributed by atoms with Gasteiger partial charge in [-0.1, -0.05) is 12.2 Å². The molecular weight excluding hydrogens is 384 g/mol. The van der Waals surface area contributed by atoms with E-state index >= 15 is 0 Å². The molecule has 2 aromatic carbocycles. The molecule has 0 aromatic heterocycles. The Hall–Kier alpha value is -3.36. The molecule has 0 spiro atoms. The maximum atomic E-state index is 12.8. The molecule has 0 radical (unpaired) electrons. The Morgan fingerprint density at radius 1 is 1.27 bits per heavy atom. The molecule has 2 aliphatic rings. The van der Waals surface area contributed by atoms with Crippen LogP contribution in [0.4, 0.5) is 17.1 Å². The lowest BCUT2D eigenvalue weighted by molar-refractivity contribution is -0.116. The van der Waals surface area contributed by atoms with E-state index in [9.17, 15) is 14.7 Å². The van der Waals surface area contributed by atoms with Gasteiger partial charge in [-0.2, -0.15) is 0 Å². The van der Waals surface area contributed by atoms with Gasteiger partial charge in [-0.15, -0.1) is 0 Å². The maximum Gasteiger partial charge on any atom is 0.257 e. The minimum Gasteiger partial charge on any atom is -0.507 e. The number of phenols is 1. The van der Waals surface area contributed by atoms with Crippen molar-refractivity contribution in [2.45, 2.75) is 18.9 Å². The van der Waals surface area contributed by atoms with Gasteiger partial charge in [-0.3, -0.25) is 9.59 Å². The van der Waals surface area contributed by atoms with E-state index in [-0.39, 0.29) is 34.9 Å². The number of aryl methyl sites for hydroxylation is 1. The third kappa shape index (κ3) is 4.29. The lowest BCUT2D eigenvalue weighted by Gasteiger charge is -2.20. The highest BCUT2D eigenvalue weighted by molar-refractivity contribution is 6.09. The van der Waals surface area contributed by atoms with E-state index in [2.05, 4.69) is 16.0 Å². The predicted octanol–water partition coefficient (Wildman–Crippen LogP) is 2.11. The summed E-state index contributed by atoms with van der Waals surface area (Å²) in [5.74, 6) is -0.391. The normalized spacial score (nSPS) is 18.7. The van der Waals surface area contributed by atoms with Crippen LogP contribution in [0.3, 0.4) is 0 Å². The number of nitrogens with two attached hydrogens (primary N) is 1. The first-order valence-electron chi connectivity index (χ1n) is 9.87. The van der Waals surface area contributed by atoms with Gasteiger partial charge in [0, 0.05) is 36.4 Å². The van der Waals surface area contributed by atoms with Crippen molar-refractivity contribution in [3.63, 3.8) is 0 Å². The van der Waals surface area contributed by atoms with Gasteiger partial charge in [-0.25, -0.2) is 0 Å². The molecule has 2 heterocycles. The van der Waals surface area contributed by atoms with Crippen LogP contribution in [0.15, 0.2) is 36.4 Å². The summed E-state index contributed by atoms with van der Waals surface area (Å²) in [5, 5.41) is 19.1. The summed E-state index contributed by atoms with van der Waals surface area (Å²) in [6.45, 7) is 2.10. The Morgan fingerprint density at radius 3 is 2.93 bits per heavy atom. The summed E-state index contributed by atoms with van der Waals surface area (Å²) >= 11 is 0. The third-order valence-corrected chi connectivity index (χ3v) is 5.20. The number of anilines is 3. The van der Waals surface area contributed by atoms with E-state index in [0.717, 1.165) is 17.8 Å². The van der Waals surface area contributed by atoms with Crippen molar-refractivity contribution in [1.29, 1.82) is 0 Å². The second-order valence-corrected chi connectivity index (χ2v) is 7.31. The van der Waals surface area contributed by atoms with Gasteiger partial charge >= 0.3 is 0 Å². The first-order valence-corrected chi connectivity index (χ1v) is 9.87. The number of ether oxygens (including phenoxy) is 1. The highest BCUT2D eigenvalue weighted by Gasteiger charge is 2.18. The molecule has 1 saturated heterocycles. The summed E-state index contributed by atoms with van der Waals surface area (Å²) in [4.78, 5) is 24.3. The number of rotatable bonds is 4. The number of phenolic OH excluding ortho intramolecular Hbond substituents is 1. The van der Waals surface area contributed by atoms with Crippen LogP contribution in [0.25, 0.3) is 6.08 Å². The zero-order valence-corrected chi connectivity index (χ0v) is 16.4. The van der Waals surface area contributed by atoms with Gasteiger partial charge in [0.25, 0.3) is 5.91 Å². The average molecular weight is 408 g/mol. The van der Waals surface area contributed by atoms with Crippen molar-refractivity contribution in [3.05, 3.63) is 53.1 Å². The third-order valence-electron chi connectivity index (χ3n) is 5.20. The second kappa shape index (κ2) is 8.56. The van der Waals surface area contributed by atoms with Crippen molar-refractivity contribution in [2.75, 3.05) is 36.1 Å². The highest BCUT2D eigenvalue weighted by atomic mass is 16.5. The summed E-state index contributed by atoms with van der Waals surface area (Å²) in [6, 6.07) is 8.29. The Labute approximate surface area is 174 Å². The lowest BCUT2D eigenvalue weighted by atomic mass is 10.0. The van der Waals surface area contributed by atoms with Crippen LogP contribution in [-0.2, 0) is 16.0 Å². The largest absolute Gasteiger partial charge is 0.507 e. The van der Waals surface area contributed by atoms with E-state index in [1.807, 2.05) is 12.1 Å². The fourth-order valence-corrected chi connectivity index (χ4v) is 3.57. The van der Waals surface area contributed by atoms with Crippen LogP contribution in [-0.4, -0.2) is 42.7 Å². The molecule has 30 heavy (non-hydrogen) atoms. The van der Waals surface area contributed by atoms with E-state index < -0.39 is 0 Å². The zero-order valence-electron chi connectivity index (χ0n) is 16.4. The summed E-state index contributed by atoms with van der Waals surface area (Å²) in [7, 11) is 0. The van der Waals surface area contributed by atoms with Crippen LogP contribution < -0.4 is 21.7 Å². The van der Waals surface area contributed by atoms with Crippen LogP contribution in [0.1, 0.15) is 27.9 Å². The number of amides is 2. The van der Waals surface area contributed by atoms with Gasteiger partial charge in [0.1, 0.15) is 5.75 Å². The number of carbonyl (C=O) groups excluding carboxylic acids is 2. The average Bonchev–Trinajstić information content (AvgIpc) is 2.74. The number of fused-ring (bicyclic) bond motifs is 1. The minimum atomic E-state index is -0.377. The van der Waals surface area contributed by atoms with Gasteiger partial charge < -0.3 is 31.5 Å². The molecule has 1 atom stereocenters. The smallest absolute Gasteiger partial charge is 0.257 e. The van der Waals surface area contributed by atoms with E-state index in [4.69, 9.17) is 10.5 Å². The van der Waals surface area contributed by atoms with Crippen molar-refractivity contribution in [3.8, 4) is 5.75 Å². The number of carbonyl (C=O) groups is 2. The SMILES string of the molecule is Nc1c(C(=O)Nc2ccc3c(c2)CCC(=O)N3)ccc(O)c1/C=C/C1CNCCO1. The van der Waals surface area contributed by atoms with Crippen LogP contribution in [0, 0.1) is 0 Å². The van der Waals surface area contributed by atoms with Gasteiger partial charge in [-0.05, 0) is 42.3 Å². The topological polar surface area (TPSA) is 126 Å². The van der Waals surface area contributed by atoms with Crippen molar-refractivity contribution >= 4 is 35.0 Å². The minimum absolute atomic E-state index is 0.00593. The summed E-state index contributed by atoms with van der Waals surface area (Å²) in [5.41, 5.74) is 9.39. The molecule has 0 aliphatic carbocycles. The number of aromatic hydroxyl groups is 1. The zero-order chi connectivity index (χ0) is 21.1.